The van der Waals surface area contributed by atoms with Crippen LogP contribution in [0.4, 0.5) is 4.79 Å². The summed E-state index contributed by atoms with van der Waals surface area (Å²) >= 11 is 0. The van der Waals surface area contributed by atoms with Crippen LogP contribution in [0, 0.1) is 11.8 Å². The topological polar surface area (TPSA) is 59.1 Å². The van der Waals surface area contributed by atoms with Crippen LogP contribution in [0.1, 0.15) is 68.2 Å². The SMILES string of the molecule is CCN1C[C@H]([C@@H]2OC(C)(C)N(C(=O)OC(C)(C)C)[C@H]2CC(C)C)CC1=O. The minimum atomic E-state index is -0.755. The monoisotopic (exact) mass is 368 g/mol. The van der Waals surface area contributed by atoms with Gasteiger partial charge in [0.05, 0.1) is 12.1 Å². The molecule has 0 bridgehead atoms. The Balaban J connectivity index is 2.29. The number of ether oxygens (including phenoxy) is 2. The second-order valence-corrected chi connectivity index (χ2v) is 9.47. The molecule has 2 amide bonds. The number of hydrogen-bond donors (Lipinski definition) is 0. The quantitative estimate of drug-likeness (QED) is 0.760. The molecule has 0 radical (unpaired) electrons. The van der Waals surface area contributed by atoms with E-state index in [1.54, 1.807) is 4.90 Å². The maximum Gasteiger partial charge on any atom is 0.412 e. The Hall–Kier alpha value is -1.30. The van der Waals surface area contributed by atoms with Gasteiger partial charge in [0, 0.05) is 25.4 Å². The van der Waals surface area contributed by atoms with Crippen LogP contribution in [0.3, 0.4) is 0 Å². The summed E-state index contributed by atoms with van der Waals surface area (Å²) in [6.07, 6.45) is 0.822. The molecular weight excluding hydrogens is 332 g/mol. The molecule has 0 spiro atoms. The lowest BCUT2D eigenvalue weighted by atomic mass is 9.89. The summed E-state index contributed by atoms with van der Waals surface area (Å²) in [5.41, 5.74) is -1.31. The minimum absolute atomic E-state index is 0.0885. The number of carbonyl (C=O) groups is 2. The fourth-order valence-electron chi connectivity index (χ4n) is 4.14. The Morgan fingerprint density at radius 3 is 2.42 bits per heavy atom. The van der Waals surface area contributed by atoms with Gasteiger partial charge in [-0.2, -0.15) is 0 Å². The third kappa shape index (κ3) is 4.51. The largest absolute Gasteiger partial charge is 0.444 e. The van der Waals surface area contributed by atoms with Crippen LogP contribution in [0.2, 0.25) is 0 Å². The summed E-state index contributed by atoms with van der Waals surface area (Å²) in [4.78, 5) is 28.8. The predicted octanol–water partition coefficient (Wildman–Crippen LogP) is 3.64. The third-order valence-corrected chi connectivity index (χ3v) is 5.11. The van der Waals surface area contributed by atoms with Crippen molar-refractivity contribution in [1.82, 2.24) is 9.80 Å². The van der Waals surface area contributed by atoms with E-state index in [-0.39, 0.29) is 30.1 Å². The molecule has 150 valence electrons. The standard InChI is InChI=1S/C20H36N2O4/c1-9-21-12-14(11-16(21)23)17-15(10-13(2)3)22(20(7,8)25-17)18(24)26-19(4,5)6/h13-15,17H,9-12H2,1-8H3/t14-,15+,17+/m1/s1. The molecule has 0 aromatic carbocycles. The number of carbonyl (C=O) groups excluding carboxylic acids is 2. The van der Waals surface area contributed by atoms with Crippen molar-refractivity contribution in [2.24, 2.45) is 11.8 Å². The van der Waals surface area contributed by atoms with Gasteiger partial charge in [-0.05, 0) is 53.9 Å². The van der Waals surface area contributed by atoms with Gasteiger partial charge in [0.1, 0.15) is 11.3 Å². The van der Waals surface area contributed by atoms with Crippen molar-refractivity contribution in [3.8, 4) is 0 Å². The first-order valence-corrected chi connectivity index (χ1v) is 9.83. The van der Waals surface area contributed by atoms with Gasteiger partial charge in [-0.15, -0.1) is 0 Å². The highest BCUT2D eigenvalue weighted by atomic mass is 16.6. The van der Waals surface area contributed by atoms with Crippen LogP contribution in [0.5, 0.6) is 0 Å². The fraction of sp³-hybridized carbons (Fsp3) is 0.900. The van der Waals surface area contributed by atoms with E-state index < -0.39 is 11.3 Å². The van der Waals surface area contributed by atoms with Gasteiger partial charge < -0.3 is 14.4 Å². The van der Waals surface area contributed by atoms with Gasteiger partial charge in [-0.3, -0.25) is 9.69 Å². The Morgan fingerprint density at radius 1 is 1.35 bits per heavy atom. The number of rotatable bonds is 4. The molecular formula is C20H36N2O4. The molecule has 0 aliphatic carbocycles. The van der Waals surface area contributed by atoms with Crippen molar-refractivity contribution in [1.29, 1.82) is 0 Å². The van der Waals surface area contributed by atoms with E-state index in [4.69, 9.17) is 9.47 Å². The van der Waals surface area contributed by atoms with Crippen molar-refractivity contribution in [3.63, 3.8) is 0 Å². The molecule has 26 heavy (non-hydrogen) atoms. The predicted molar refractivity (Wildman–Crippen MR) is 101 cm³/mol. The highest BCUT2D eigenvalue weighted by molar-refractivity contribution is 5.78. The summed E-state index contributed by atoms with van der Waals surface area (Å²) in [6, 6.07) is -0.0885. The van der Waals surface area contributed by atoms with Crippen molar-refractivity contribution in [2.75, 3.05) is 13.1 Å². The lowest BCUT2D eigenvalue weighted by Crippen LogP contribution is -2.51. The smallest absolute Gasteiger partial charge is 0.412 e. The van der Waals surface area contributed by atoms with Gasteiger partial charge in [0.15, 0.2) is 0 Å². The van der Waals surface area contributed by atoms with Gasteiger partial charge in [-0.25, -0.2) is 4.79 Å². The maximum atomic E-state index is 13.0. The number of nitrogens with zero attached hydrogens (tertiary/aromatic N) is 2. The van der Waals surface area contributed by atoms with Crippen LogP contribution in [0.15, 0.2) is 0 Å². The van der Waals surface area contributed by atoms with E-state index in [0.29, 0.717) is 18.9 Å². The minimum Gasteiger partial charge on any atom is -0.444 e. The van der Waals surface area contributed by atoms with E-state index in [2.05, 4.69) is 13.8 Å². The molecule has 2 aliphatic rings. The average Bonchev–Trinajstić information content (AvgIpc) is 2.93. The van der Waals surface area contributed by atoms with Gasteiger partial charge in [0.2, 0.25) is 5.91 Å². The second kappa shape index (κ2) is 7.37. The van der Waals surface area contributed by atoms with Gasteiger partial charge >= 0.3 is 6.09 Å². The molecule has 6 heteroatoms. The molecule has 3 atom stereocenters. The zero-order chi connectivity index (χ0) is 19.9. The first-order chi connectivity index (χ1) is 11.9. The molecule has 2 aliphatic heterocycles. The number of likely N-dealkylation sites (tertiary alicyclic amines) is 1. The molecule has 2 rings (SSSR count). The molecule has 0 unspecified atom stereocenters. The Labute approximate surface area is 158 Å². The van der Waals surface area contributed by atoms with E-state index >= 15 is 0 Å². The molecule has 2 fully saturated rings. The zero-order valence-corrected chi connectivity index (χ0v) is 17.7. The summed E-state index contributed by atoms with van der Waals surface area (Å²) in [5, 5.41) is 0. The Bertz CT molecular complexity index is 538. The molecule has 0 N–H and O–H groups in total. The Kier molecular flexibility index (Phi) is 5.96. The van der Waals surface area contributed by atoms with E-state index in [9.17, 15) is 9.59 Å². The first kappa shape index (κ1) is 21.0. The van der Waals surface area contributed by atoms with Gasteiger partial charge in [0.25, 0.3) is 0 Å². The lowest BCUT2D eigenvalue weighted by molar-refractivity contribution is -0.127. The summed E-state index contributed by atoms with van der Waals surface area (Å²) in [7, 11) is 0. The summed E-state index contributed by atoms with van der Waals surface area (Å²) in [5.74, 6) is 0.695. The van der Waals surface area contributed by atoms with Crippen LogP contribution in [-0.4, -0.2) is 58.4 Å². The normalized spacial score (nSPS) is 29.0. The fourth-order valence-corrected chi connectivity index (χ4v) is 4.14. The maximum absolute atomic E-state index is 13.0. The molecule has 2 saturated heterocycles. The van der Waals surface area contributed by atoms with E-state index in [1.165, 1.54) is 0 Å². The van der Waals surface area contributed by atoms with Crippen LogP contribution >= 0.6 is 0 Å². The lowest BCUT2D eigenvalue weighted by Gasteiger charge is -2.36. The van der Waals surface area contributed by atoms with Crippen molar-refractivity contribution < 1.29 is 19.1 Å². The first-order valence-electron chi connectivity index (χ1n) is 9.83. The zero-order valence-electron chi connectivity index (χ0n) is 17.7. The molecule has 2 heterocycles. The molecule has 6 nitrogen and oxygen atoms in total. The highest BCUT2D eigenvalue weighted by Crippen LogP contribution is 2.41. The third-order valence-electron chi connectivity index (χ3n) is 5.11. The van der Waals surface area contributed by atoms with Crippen molar-refractivity contribution in [3.05, 3.63) is 0 Å². The van der Waals surface area contributed by atoms with Crippen LogP contribution < -0.4 is 0 Å². The van der Waals surface area contributed by atoms with E-state index in [0.717, 1.165) is 13.0 Å². The van der Waals surface area contributed by atoms with Gasteiger partial charge in [-0.1, -0.05) is 13.8 Å². The molecule has 0 saturated carbocycles. The highest BCUT2D eigenvalue weighted by Gasteiger charge is 2.54. The summed E-state index contributed by atoms with van der Waals surface area (Å²) < 4.78 is 12.1. The van der Waals surface area contributed by atoms with Crippen molar-refractivity contribution in [2.45, 2.75) is 91.7 Å². The summed E-state index contributed by atoms with van der Waals surface area (Å²) in [6.45, 7) is 17.2. The van der Waals surface area contributed by atoms with Crippen LogP contribution in [0.25, 0.3) is 0 Å². The molecule has 0 aromatic rings. The Morgan fingerprint density at radius 2 is 1.96 bits per heavy atom. The second-order valence-electron chi connectivity index (χ2n) is 9.47. The average molecular weight is 369 g/mol. The van der Waals surface area contributed by atoms with Crippen LogP contribution in [-0.2, 0) is 14.3 Å². The number of hydrogen-bond acceptors (Lipinski definition) is 4. The number of amides is 2. The van der Waals surface area contributed by atoms with Crippen molar-refractivity contribution >= 4 is 12.0 Å². The van der Waals surface area contributed by atoms with E-state index in [1.807, 2.05) is 46.4 Å². The molecule has 0 aromatic heterocycles.